The Morgan fingerprint density at radius 1 is 1.42 bits per heavy atom. The number of alkyl halides is 3. The Balaban J connectivity index is 2.13. The Kier molecular flexibility index (Phi) is 4.20. The van der Waals surface area contributed by atoms with Crippen LogP contribution in [0.15, 0.2) is 24.3 Å². The van der Waals surface area contributed by atoms with Gasteiger partial charge in [0.2, 0.25) is 0 Å². The van der Waals surface area contributed by atoms with E-state index in [1.165, 1.54) is 34.9 Å². The van der Waals surface area contributed by atoms with E-state index in [1.54, 1.807) is 6.07 Å². The molecule has 104 valence electrons. The molecule has 19 heavy (non-hydrogen) atoms. The number of benzene rings is 1. The van der Waals surface area contributed by atoms with Crippen LogP contribution in [0.3, 0.4) is 0 Å². The monoisotopic (exact) mass is 292 g/mol. The Morgan fingerprint density at radius 3 is 2.74 bits per heavy atom. The average Bonchev–Trinajstić information content (AvgIpc) is 2.70. The van der Waals surface area contributed by atoms with Gasteiger partial charge in [-0.25, -0.2) is 8.78 Å². The van der Waals surface area contributed by atoms with E-state index in [1.807, 2.05) is 0 Å². The molecule has 1 saturated heterocycles. The number of thioether (sulfide) groups is 1. The number of anilines is 1. The average molecular weight is 292 g/mol. The number of carbonyl (C=O) groups excluding carboxylic acids is 1. The summed E-state index contributed by atoms with van der Waals surface area (Å²) in [5.74, 6) is 0.00791. The van der Waals surface area contributed by atoms with Gasteiger partial charge in [0.25, 0.3) is 12.3 Å². The zero-order valence-corrected chi connectivity index (χ0v) is 10.4. The van der Waals surface area contributed by atoms with Gasteiger partial charge in [-0.2, -0.15) is 4.39 Å². The molecule has 0 aromatic heterocycles. The largest absolute Gasteiger partial charge is 0.454 e. The fourth-order valence-electron chi connectivity index (χ4n) is 1.55. The molecule has 0 spiro atoms. The lowest BCUT2D eigenvalue weighted by Crippen LogP contribution is -2.33. The summed E-state index contributed by atoms with van der Waals surface area (Å²) in [6.45, 7) is 0. The van der Waals surface area contributed by atoms with Gasteiger partial charge in [0.05, 0.1) is 5.88 Å². The lowest BCUT2D eigenvalue weighted by Gasteiger charge is -2.17. The van der Waals surface area contributed by atoms with Crippen molar-refractivity contribution in [2.45, 2.75) is 18.2 Å². The van der Waals surface area contributed by atoms with Crippen molar-refractivity contribution in [3.63, 3.8) is 0 Å². The predicted octanol–water partition coefficient (Wildman–Crippen LogP) is 1.95. The first-order valence-electron chi connectivity index (χ1n) is 5.36. The highest BCUT2D eigenvalue weighted by Gasteiger charge is 2.30. The summed E-state index contributed by atoms with van der Waals surface area (Å²) in [5, 5.41) is -0.639. The molecule has 1 amide bonds. The van der Waals surface area contributed by atoms with Gasteiger partial charge in [-0.1, -0.05) is 6.07 Å². The highest BCUT2D eigenvalue weighted by Crippen LogP contribution is 2.29. The molecular formula is C11H11F3N2O2S. The lowest BCUT2D eigenvalue weighted by molar-refractivity contribution is -0.117. The smallest absolute Gasteiger partial charge is 0.304 e. The Labute approximate surface area is 111 Å². The van der Waals surface area contributed by atoms with Gasteiger partial charge in [-0.3, -0.25) is 4.79 Å². The fourth-order valence-corrected chi connectivity index (χ4v) is 2.41. The highest BCUT2D eigenvalue weighted by molar-refractivity contribution is 8.01. The van der Waals surface area contributed by atoms with E-state index in [9.17, 15) is 18.0 Å². The maximum absolute atomic E-state index is 12.8. The van der Waals surface area contributed by atoms with Gasteiger partial charge in [-0.15, -0.1) is 11.8 Å². The lowest BCUT2D eigenvalue weighted by atomic mass is 10.2. The molecule has 2 unspecified atom stereocenters. The van der Waals surface area contributed by atoms with Crippen LogP contribution in [0, 0.1) is 0 Å². The molecule has 1 aromatic carbocycles. The summed E-state index contributed by atoms with van der Waals surface area (Å²) in [6.07, 6.45) is -5.91. The molecule has 4 nitrogen and oxygen atoms in total. The molecule has 1 heterocycles. The van der Waals surface area contributed by atoms with Crippen molar-refractivity contribution in [1.82, 2.24) is 0 Å². The standard InChI is InChI=1S/C11H11F3N2O2S/c12-8(13)9(14)18-7-3-1-2-6(4-7)16-5-19-10(15)11(16)17/h1-4,8-10H,5,15H2. The van der Waals surface area contributed by atoms with Crippen LogP contribution in [0.5, 0.6) is 5.75 Å². The normalized spacial score (nSPS) is 21.0. The van der Waals surface area contributed by atoms with Crippen LogP contribution in [0.4, 0.5) is 18.9 Å². The van der Waals surface area contributed by atoms with Crippen LogP contribution in [0.1, 0.15) is 0 Å². The first-order chi connectivity index (χ1) is 8.99. The Hall–Kier alpha value is -1.41. The van der Waals surface area contributed by atoms with Gasteiger partial charge in [0.15, 0.2) is 0 Å². The second kappa shape index (κ2) is 5.70. The van der Waals surface area contributed by atoms with Crippen LogP contribution in [0.2, 0.25) is 0 Å². The quantitative estimate of drug-likeness (QED) is 0.921. The summed E-state index contributed by atoms with van der Waals surface area (Å²) in [5.41, 5.74) is 5.98. The third-order valence-corrected chi connectivity index (χ3v) is 3.44. The molecule has 2 N–H and O–H groups in total. The van der Waals surface area contributed by atoms with E-state index in [4.69, 9.17) is 5.73 Å². The molecule has 2 rings (SSSR count). The highest BCUT2D eigenvalue weighted by atomic mass is 32.2. The minimum absolute atomic E-state index is 0.0661. The van der Waals surface area contributed by atoms with Gasteiger partial charge in [0.1, 0.15) is 11.1 Å². The van der Waals surface area contributed by atoms with Crippen molar-refractivity contribution in [1.29, 1.82) is 0 Å². The minimum atomic E-state index is -3.22. The number of hydrogen-bond acceptors (Lipinski definition) is 4. The van der Waals surface area contributed by atoms with Gasteiger partial charge in [0, 0.05) is 11.8 Å². The molecule has 0 bridgehead atoms. The van der Waals surface area contributed by atoms with Crippen molar-refractivity contribution in [2.75, 3.05) is 10.8 Å². The van der Waals surface area contributed by atoms with E-state index >= 15 is 0 Å². The zero-order chi connectivity index (χ0) is 14.0. The minimum Gasteiger partial charge on any atom is -0.454 e. The van der Waals surface area contributed by atoms with E-state index in [0.717, 1.165) is 0 Å². The topological polar surface area (TPSA) is 55.6 Å². The number of nitrogens with two attached hydrogens (primary N) is 1. The van der Waals surface area contributed by atoms with E-state index < -0.39 is 18.2 Å². The summed E-state index contributed by atoms with van der Waals surface area (Å²) < 4.78 is 41.3. The molecule has 8 heteroatoms. The summed E-state index contributed by atoms with van der Waals surface area (Å²) >= 11 is 1.25. The zero-order valence-electron chi connectivity index (χ0n) is 9.63. The number of carbonyl (C=O) groups is 1. The van der Waals surface area contributed by atoms with Crippen LogP contribution < -0.4 is 15.4 Å². The summed E-state index contributed by atoms with van der Waals surface area (Å²) in [6, 6.07) is 5.75. The first-order valence-corrected chi connectivity index (χ1v) is 6.41. The van der Waals surface area contributed by atoms with Crippen molar-refractivity contribution in [3.8, 4) is 5.75 Å². The van der Waals surface area contributed by atoms with Crippen LogP contribution >= 0.6 is 11.8 Å². The molecular weight excluding hydrogens is 281 g/mol. The van der Waals surface area contributed by atoms with Gasteiger partial charge < -0.3 is 15.4 Å². The SMILES string of the molecule is NC1SCN(c2cccc(OC(F)C(F)F)c2)C1=O. The third kappa shape index (κ3) is 3.13. The van der Waals surface area contributed by atoms with Crippen molar-refractivity contribution in [2.24, 2.45) is 5.73 Å². The summed E-state index contributed by atoms with van der Waals surface area (Å²) in [4.78, 5) is 13.1. The van der Waals surface area contributed by atoms with Crippen LogP contribution in [0.25, 0.3) is 0 Å². The number of halogens is 3. The van der Waals surface area contributed by atoms with Crippen LogP contribution in [-0.2, 0) is 4.79 Å². The van der Waals surface area contributed by atoms with Crippen molar-refractivity contribution in [3.05, 3.63) is 24.3 Å². The maximum Gasteiger partial charge on any atom is 0.304 e. The number of ether oxygens (including phenoxy) is 1. The first kappa shape index (κ1) is 14.0. The van der Waals surface area contributed by atoms with Gasteiger partial charge >= 0.3 is 6.43 Å². The van der Waals surface area contributed by atoms with Crippen molar-refractivity contribution < 1.29 is 22.7 Å². The second-order valence-electron chi connectivity index (χ2n) is 3.78. The molecule has 1 aliphatic heterocycles. The number of nitrogens with zero attached hydrogens (tertiary/aromatic N) is 1. The number of rotatable bonds is 4. The summed E-state index contributed by atoms with van der Waals surface area (Å²) in [7, 11) is 0. The molecule has 1 fully saturated rings. The van der Waals surface area contributed by atoms with Crippen molar-refractivity contribution >= 4 is 23.4 Å². The van der Waals surface area contributed by atoms with Gasteiger partial charge in [-0.05, 0) is 12.1 Å². The number of amides is 1. The third-order valence-electron chi connectivity index (χ3n) is 2.47. The molecule has 2 atom stereocenters. The fraction of sp³-hybridized carbons (Fsp3) is 0.364. The molecule has 1 aromatic rings. The van der Waals surface area contributed by atoms with E-state index in [-0.39, 0.29) is 11.7 Å². The molecule has 0 radical (unpaired) electrons. The van der Waals surface area contributed by atoms with E-state index in [0.29, 0.717) is 11.6 Å². The molecule has 0 aliphatic carbocycles. The predicted molar refractivity (Wildman–Crippen MR) is 65.9 cm³/mol. The maximum atomic E-state index is 12.8. The molecule has 1 aliphatic rings. The Bertz CT molecular complexity index is 475. The van der Waals surface area contributed by atoms with Crippen LogP contribution in [-0.4, -0.2) is 29.9 Å². The number of hydrogen-bond donors (Lipinski definition) is 1. The van der Waals surface area contributed by atoms with E-state index in [2.05, 4.69) is 4.74 Å². The molecule has 0 saturated carbocycles. The second-order valence-corrected chi connectivity index (χ2v) is 4.88. The Morgan fingerprint density at radius 2 is 2.16 bits per heavy atom.